The average molecular weight is 789 g/mol. The Hall–Kier alpha value is -5.62. The molecule has 0 amide bonds. The van der Waals surface area contributed by atoms with Crippen LogP contribution in [-0.4, -0.2) is 110 Å². The van der Waals surface area contributed by atoms with Crippen molar-refractivity contribution in [2.75, 3.05) is 13.2 Å². The quantitative estimate of drug-likeness (QED) is 0.222. The van der Waals surface area contributed by atoms with Crippen LogP contribution >= 0.6 is 0 Å². The fourth-order valence-corrected chi connectivity index (χ4v) is 6.73. The molecule has 2 aliphatic heterocycles. The average Bonchev–Trinajstić information content (AvgIpc) is 3.08. The number of rotatable bonds is 12. The summed E-state index contributed by atoms with van der Waals surface area (Å²) in [6.07, 6.45) is -14.7. The van der Waals surface area contributed by atoms with Crippen molar-refractivity contribution in [2.45, 2.75) is 116 Å². The van der Waals surface area contributed by atoms with E-state index < -0.39 is 122 Å². The lowest BCUT2D eigenvalue weighted by molar-refractivity contribution is -0.259. The normalized spacial score (nSPS) is 27.1. The van der Waals surface area contributed by atoms with Gasteiger partial charge in [0.2, 0.25) is 0 Å². The van der Waals surface area contributed by atoms with E-state index in [2.05, 4.69) is 0 Å². The van der Waals surface area contributed by atoms with Gasteiger partial charge in [-0.15, -0.1) is 0 Å². The van der Waals surface area contributed by atoms with E-state index in [1.165, 1.54) is 0 Å². The van der Waals surface area contributed by atoms with E-state index in [1.54, 1.807) is 36.4 Å². The van der Waals surface area contributed by atoms with Gasteiger partial charge in [0.25, 0.3) is 0 Å². The topological polar surface area (TPSA) is 229 Å². The maximum Gasteiger partial charge on any atom is 0.303 e. The van der Waals surface area contributed by atoms with Crippen LogP contribution in [0, 0.1) is 0 Å². The molecule has 0 unspecified atom stereocenters. The number of benzene rings is 2. The van der Waals surface area contributed by atoms with E-state index in [0.717, 1.165) is 55.4 Å². The van der Waals surface area contributed by atoms with Crippen LogP contribution in [0.2, 0.25) is 0 Å². The predicted octanol–water partition coefficient (Wildman–Crippen LogP) is 2.44. The highest BCUT2D eigenvalue weighted by Gasteiger charge is 2.56. The molecular formula is C38H44O18. The van der Waals surface area contributed by atoms with Gasteiger partial charge >= 0.3 is 47.8 Å². The van der Waals surface area contributed by atoms with Gasteiger partial charge in [-0.3, -0.25) is 38.4 Å². The Balaban J connectivity index is 2.05. The summed E-state index contributed by atoms with van der Waals surface area (Å²) in [5, 5.41) is 1.20. The third kappa shape index (κ3) is 11.0. The molecule has 2 aliphatic rings. The number of ether oxygens (including phenoxy) is 10. The Morgan fingerprint density at radius 2 is 0.714 bits per heavy atom. The molecule has 2 fully saturated rings. The summed E-state index contributed by atoms with van der Waals surface area (Å²) in [6.45, 7) is 7.77. The molecular weight excluding hydrogens is 744 g/mol. The van der Waals surface area contributed by atoms with Gasteiger partial charge in [-0.1, -0.05) is 24.3 Å². The first-order valence-corrected chi connectivity index (χ1v) is 17.5. The van der Waals surface area contributed by atoms with Gasteiger partial charge in [0, 0.05) is 55.4 Å². The Morgan fingerprint density at radius 1 is 0.429 bits per heavy atom. The minimum Gasteiger partial charge on any atom is -0.463 e. The van der Waals surface area contributed by atoms with Crippen LogP contribution in [0.1, 0.15) is 78.7 Å². The summed E-state index contributed by atoms with van der Waals surface area (Å²) in [4.78, 5) is 99.4. The molecule has 2 heterocycles. The molecule has 10 atom stereocenters. The molecule has 0 aliphatic carbocycles. The molecule has 2 aromatic carbocycles. The van der Waals surface area contributed by atoms with Gasteiger partial charge in [-0.05, 0) is 34.0 Å². The molecule has 4 rings (SSSR count). The molecule has 56 heavy (non-hydrogen) atoms. The molecule has 2 aromatic rings. The van der Waals surface area contributed by atoms with Crippen molar-refractivity contribution in [3.05, 3.63) is 47.5 Å². The maximum absolute atomic E-state index is 12.7. The number of carbonyl (C=O) groups excluding carboxylic acids is 8. The fourth-order valence-electron chi connectivity index (χ4n) is 6.73. The van der Waals surface area contributed by atoms with Crippen LogP contribution in [0.25, 0.3) is 10.8 Å². The number of fused-ring (bicyclic) bond motifs is 1. The number of hydrogen-bond donors (Lipinski definition) is 0. The highest BCUT2D eigenvalue weighted by molar-refractivity contribution is 5.84. The second kappa shape index (κ2) is 18.8. The summed E-state index contributed by atoms with van der Waals surface area (Å²) in [7, 11) is 0. The van der Waals surface area contributed by atoms with E-state index in [-0.39, 0.29) is 11.1 Å². The maximum atomic E-state index is 12.7. The van der Waals surface area contributed by atoms with Crippen molar-refractivity contribution in [2.24, 2.45) is 0 Å². The first-order chi connectivity index (χ1) is 26.4. The monoisotopic (exact) mass is 788 g/mol. The second-order valence-corrected chi connectivity index (χ2v) is 13.1. The fraction of sp³-hybridized carbons (Fsp3) is 0.526. The second-order valence-electron chi connectivity index (χ2n) is 13.1. The lowest BCUT2D eigenvalue weighted by atomic mass is 9.82. The zero-order valence-electron chi connectivity index (χ0n) is 32.0. The van der Waals surface area contributed by atoms with Crippen molar-refractivity contribution in [3.63, 3.8) is 0 Å². The molecule has 18 nitrogen and oxygen atoms in total. The van der Waals surface area contributed by atoms with Crippen molar-refractivity contribution in [3.8, 4) is 0 Å². The molecule has 304 valence electrons. The van der Waals surface area contributed by atoms with Crippen LogP contribution in [0.3, 0.4) is 0 Å². The molecule has 0 N–H and O–H groups in total. The van der Waals surface area contributed by atoms with Crippen molar-refractivity contribution in [1.29, 1.82) is 0 Å². The minimum atomic E-state index is -1.56. The molecule has 2 saturated heterocycles. The van der Waals surface area contributed by atoms with Gasteiger partial charge in [0.05, 0.1) is 0 Å². The van der Waals surface area contributed by atoms with Gasteiger partial charge in [0.15, 0.2) is 36.6 Å². The summed E-state index contributed by atoms with van der Waals surface area (Å²) in [5.74, 6) is -6.50. The van der Waals surface area contributed by atoms with Crippen LogP contribution in [-0.2, 0) is 85.7 Å². The molecule has 0 saturated carbocycles. The summed E-state index contributed by atoms with van der Waals surface area (Å²) < 4.78 is 57.5. The Bertz CT molecular complexity index is 1710. The van der Waals surface area contributed by atoms with E-state index in [0.29, 0.717) is 10.8 Å². The van der Waals surface area contributed by atoms with Gasteiger partial charge in [-0.25, -0.2) is 0 Å². The number of carbonyl (C=O) groups is 8. The van der Waals surface area contributed by atoms with Crippen molar-refractivity contribution in [1.82, 2.24) is 0 Å². The number of esters is 8. The zero-order valence-corrected chi connectivity index (χ0v) is 32.0. The molecule has 18 heteroatoms. The lowest BCUT2D eigenvalue weighted by Gasteiger charge is -2.47. The smallest absolute Gasteiger partial charge is 0.303 e. The Morgan fingerprint density at radius 3 is 1.00 bits per heavy atom. The summed E-state index contributed by atoms with van der Waals surface area (Å²) >= 11 is 0. The van der Waals surface area contributed by atoms with Gasteiger partial charge < -0.3 is 47.4 Å². The predicted molar refractivity (Wildman–Crippen MR) is 186 cm³/mol. The first-order valence-electron chi connectivity index (χ1n) is 17.5. The summed E-state index contributed by atoms with van der Waals surface area (Å²) in [5.41, 5.74) is 0.337. The van der Waals surface area contributed by atoms with E-state index in [4.69, 9.17) is 47.4 Å². The van der Waals surface area contributed by atoms with Gasteiger partial charge in [-0.2, -0.15) is 0 Å². The van der Waals surface area contributed by atoms with Crippen molar-refractivity contribution >= 4 is 58.5 Å². The zero-order chi connectivity index (χ0) is 41.4. The third-order valence-corrected chi connectivity index (χ3v) is 8.55. The Labute approximate surface area is 321 Å². The molecule has 0 bridgehead atoms. The lowest BCUT2D eigenvalue weighted by Crippen LogP contribution is -2.60. The van der Waals surface area contributed by atoms with E-state index in [9.17, 15) is 38.4 Å². The highest BCUT2D eigenvalue weighted by atomic mass is 16.7. The van der Waals surface area contributed by atoms with Crippen molar-refractivity contribution < 1.29 is 85.7 Å². The van der Waals surface area contributed by atoms with Gasteiger partial charge in [0.1, 0.15) is 37.6 Å². The summed E-state index contributed by atoms with van der Waals surface area (Å²) in [6, 6.07) is 10.3. The largest absolute Gasteiger partial charge is 0.463 e. The van der Waals surface area contributed by atoms with Crippen LogP contribution in [0.5, 0.6) is 0 Å². The third-order valence-electron chi connectivity index (χ3n) is 8.55. The van der Waals surface area contributed by atoms with Crippen LogP contribution in [0.15, 0.2) is 36.4 Å². The highest BCUT2D eigenvalue weighted by Crippen LogP contribution is 2.46. The van der Waals surface area contributed by atoms with Crippen LogP contribution < -0.4 is 0 Å². The Kier molecular flexibility index (Phi) is 14.5. The molecule has 0 spiro atoms. The first kappa shape index (κ1) is 43.1. The molecule has 0 aromatic heterocycles. The minimum absolute atomic E-state index is 0.169. The van der Waals surface area contributed by atoms with Crippen LogP contribution in [0.4, 0.5) is 0 Å². The molecule has 0 radical (unpaired) electrons. The standard InChI is InChI=1S/C38H44O18/c1-17(39)47-15-29-33(49-19(3)41)37(53-23(7)45)35(51-21(5)43)31(55-29)27-13-25-11-9-10-12-26(25)14-28(27)32-36(52-22(6)44)38(54-24(8)46)34(50-20(4)42)30(56-32)16-48-18(2)40/h9-14,29-38H,15-16H2,1-8H3/t29-,30-,31+,32+,33-,34-,35+,36+,37+,38+/m1/s1. The SMILES string of the molecule is CC(=O)OC[C@H]1O[C@@H](c2cc3ccccc3cc2[C@@H]2O[C@H](COC(C)=O)[C@@H](OC(C)=O)[C@H](OC(C)=O)[C@H]2OC(C)=O)[C@H](OC(C)=O)[C@@H](OC(C)=O)[C@@H]1OC(C)=O. The number of hydrogen-bond acceptors (Lipinski definition) is 18. The van der Waals surface area contributed by atoms with E-state index >= 15 is 0 Å². The van der Waals surface area contributed by atoms with E-state index in [1.807, 2.05) is 0 Å².